The maximum absolute atomic E-state index is 5.21. The van der Waals surface area contributed by atoms with Gasteiger partial charge in [-0.1, -0.05) is 18.2 Å². The summed E-state index contributed by atoms with van der Waals surface area (Å²) in [5.41, 5.74) is 3.79. The number of aryl methyl sites for hydroxylation is 1. The molecule has 4 heteroatoms. The summed E-state index contributed by atoms with van der Waals surface area (Å²) in [5.74, 6) is 1.93. The first kappa shape index (κ1) is 17.7. The molecule has 1 aromatic heterocycles. The fourth-order valence-electron chi connectivity index (χ4n) is 3.01. The van der Waals surface area contributed by atoms with Crippen molar-refractivity contribution in [2.75, 3.05) is 19.0 Å². The topological polar surface area (TPSA) is 46.2 Å². The molecule has 1 aliphatic rings. The van der Waals surface area contributed by atoms with Crippen LogP contribution in [-0.4, -0.2) is 30.7 Å². The van der Waals surface area contributed by atoms with Crippen LogP contribution in [0.2, 0.25) is 0 Å². The third-order valence-electron chi connectivity index (χ3n) is 4.71. The summed E-state index contributed by atoms with van der Waals surface area (Å²) in [4.78, 5) is 4.68. The maximum Gasteiger partial charge on any atom is 0.126 e. The number of ether oxygens (including phenoxy) is 1. The SMILES string of the molecule is COc1ccc(C[C@@H](C)NCCc2ccc(NC3CC3)nc2C)cc1. The fourth-order valence-corrected chi connectivity index (χ4v) is 3.01. The molecule has 0 saturated heterocycles. The molecule has 3 rings (SSSR count). The van der Waals surface area contributed by atoms with Gasteiger partial charge in [0.05, 0.1) is 7.11 Å². The van der Waals surface area contributed by atoms with E-state index in [9.17, 15) is 0 Å². The van der Waals surface area contributed by atoms with E-state index in [0.717, 1.165) is 36.6 Å². The van der Waals surface area contributed by atoms with Crippen LogP contribution in [0.5, 0.6) is 5.75 Å². The smallest absolute Gasteiger partial charge is 0.126 e. The van der Waals surface area contributed by atoms with Crippen LogP contribution in [0, 0.1) is 6.92 Å². The Morgan fingerprint density at radius 2 is 1.92 bits per heavy atom. The van der Waals surface area contributed by atoms with Gasteiger partial charge in [0, 0.05) is 17.8 Å². The molecule has 4 nitrogen and oxygen atoms in total. The van der Waals surface area contributed by atoms with Crippen molar-refractivity contribution in [1.82, 2.24) is 10.3 Å². The van der Waals surface area contributed by atoms with Crippen LogP contribution in [0.4, 0.5) is 5.82 Å². The number of aromatic nitrogens is 1. The van der Waals surface area contributed by atoms with Gasteiger partial charge in [-0.3, -0.25) is 0 Å². The van der Waals surface area contributed by atoms with Crippen molar-refractivity contribution >= 4 is 5.82 Å². The van der Waals surface area contributed by atoms with Gasteiger partial charge in [0.1, 0.15) is 11.6 Å². The third-order valence-corrected chi connectivity index (χ3v) is 4.71. The van der Waals surface area contributed by atoms with E-state index in [0.29, 0.717) is 12.1 Å². The molecule has 1 atom stereocenters. The highest BCUT2D eigenvalue weighted by molar-refractivity contribution is 5.40. The first-order valence-electron chi connectivity index (χ1n) is 9.23. The van der Waals surface area contributed by atoms with Gasteiger partial charge in [-0.05, 0) is 75.4 Å². The van der Waals surface area contributed by atoms with Crippen molar-refractivity contribution in [3.8, 4) is 5.75 Å². The van der Waals surface area contributed by atoms with Crippen molar-refractivity contribution in [1.29, 1.82) is 0 Å². The van der Waals surface area contributed by atoms with E-state index >= 15 is 0 Å². The molecule has 0 spiro atoms. The molecule has 1 fully saturated rings. The lowest BCUT2D eigenvalue weighted by Crippen LogP contribution is -2.30. The van der Waals surface area contributed by atoms with Crippen molar-refractivity contribution in [3.63, 3.8) is 0 Å². The van der Waals surface area contributed by atoms with E-state index in [1.54, 1.807) is 7.11 Å². The zero-order valence-electron chi connectivity index (χ0n) is 15.5. The summed E-state index contributed by atoms with van der Waals surface area (Å²) in [7, 11) is 1.70. The van der Waals surface area contributed by atoms with Crippen LogP contribution in [-0.2, 0) is 12.8 Å². The molecule has 1 saturated carbocycles. The van der Waals surface area contributed by atoms with Crippen LogP contribution in [0.15, 0.2) is 36.4 Å². The predicted molar refractivity (Wildman–Crippen MR) is 103 cm³/mol. The Labute approximate surface area is 151 Å². The van der Waals surface area contributed by atoms with E-state index in [1.807, 2.05) is 12.1 Å². The number of nitrogens with one attached hydrogen (secondary N) is 2. The van der Waals surface area contributed by atoms with Crippen LogP contribution < -0.4 is 15.4 Å². The number of hydrogen-bond donors (Lipinski definition) is 2. The van der Waals surface area contributed by atoms with E-state index in [-0.39, 0.29) is 0 Å². The summed E-state index contributed by atoms with van der Waals surface area (Å²) < 4.78 is 5.21. The molecule has 0 unspecified atom stereocenters. The molecule has 1 aliphatic carbocycles. The lowest BCUT2D eigenvalue weighted by molar-refractivity contribution is 0.414. The van der Waals surface area contributed by atoms with E-state index in [4.69, 9.17) is 4.74 Å². The fraction of sp³-hybridized carbons (Fsp3) is 0.476. The summed E-state index contributed by atoms with van der Waals surface area (Å²) in [5, 5.41) is 7.08. The molecule has 0 radical (unpaired) electrons. The molecule has 1 heterocycles. The minimum absolute atomic E-state index is 0.442. The van der Waals surface area contributed by atoms with Gasteiger partial charge >= 0.3 is 0 Å². The van der Waals surface area contributed by atoms with Gasteiger partial charge < -0.3 is 15.4 Å². The Balaban J connectivity index is 1.43. The molecule has 1 aromatic carbocycles. The third kappa shape index (κ3) is 5.46. The zero-order valence-corrected chi connectivity index (χ0v) is 15.5. The molecule has 0 bridgehead atoms. The van der Waals surface area contributed by atoms with Crippen molar-refractivity contribution in [2.45, 2.75) is 51.6 Å². The standard InChI is InChI=1S/C21H29N3O/c1-15(14-17-4-9-20(25-3)10-5-17)22-13-12-18-6-11-21(23-16(18)2)24-19-7-8-19/h4-6,9-11,15,19,22H,7-8,12-14H2,1-3H3,(H,23,24)/t15-/m1/s1. The highest BCUT2D eigenvalue weighted by atomic mass is 16.5. The second kappa shape index (κ2) is 8.34. The number of anilines is 1. The molecule has 0 amide bonds. The number of methoxy groups -OCH3 is 1. The maximum atomic E-state index is 5.21. The number of nitrogens with zero attached hydrogens (tertiary/aromatic N) is 1. The van der Waals surface area contributed by atoms with Gasteiger partial charge in [0.25, 0.3) is 0 Å². The monoisotopic (exact) mass is 339 g/mol. The lowest BCUT2D eigenvalue weighted by atomic mass is 10.1. The van der Waals surface area contributed by atoms with Crippen molar-refractivity contribution in [2.24, 2.45) is 0 Å². The van der Waals surface area contributed by atoms with Gasteiger partial charge in [-0.25, -0.2) is 4.98 Å². The normalized spacial score (nSPS) is 15.0. The number of pyridine rings is 1. The zero-order chi connectivity index (χ0) is 17.6. The Kier molecular flexibility index (Phi) is 5.92. The van der Waals surface area contributed by atoms with Crippen LogP contribution in [0.3, 0.4) is 0 Å². The Morgan fingerprint density at radius 3 is 2.56 bits per heavy atom. The molecule has 2 N–H and O–H groups in total. The largest absolute Gasteiger partial charge is 0.497 e. The minimum atomic E-state index is 0.442. The summed E-state index contributed by atoms with van der Waals surface area (Å²) >= 11 is 0. The molecule has 134 valence electrons. The van der Waals surface area contributed by atoms with Gasteiger partial charge in [-0.15, -0.1) is 0 Å². The average Bonchev–Trinajstić information content (AvgIpc) is 3.41. The summed E-state index contributed by atoms with van der Waals surface area (Å²) in [6.45, 7) is 5.31. The molecule has 25 heavy (non-hydrogen) atoms. The average molecular weight is 339 g/mol. The minimum Gasteiger partial charge on any atom is -0.497 e. The highest BCUT2D eigenvalue weighted by Crippen LogP contribution is 2.24. The summed E-state index contributed by atoms with van der Waals surface area (Å²) in [6.07, 6.45) is 4.58. The van der Waals surface area contributed by atoms with Gasteiger partial charge in [0.15, 0.2) is 0 Å². The first-order chi connectivity index (χ1) is 12.1. The molecule has 0 aliphatic heterocycles. The second-order valence-corrected chi connectivity index (χ2v) is 7.02. The van der Waals surface area contributed by atoms with E-state index < -0.39 is 0 Å². The second-order valence-electron chi connectivity index (χ2n) is 7.02. The predicted octanol–water partition coefficient (Wildman–Crippen LogP) is 3.74. The number of hydrogen-bond acceptors (Lipinski definition) is 4. The molecule has 2 aromatic rings. The van der Waals surface area contributed by atoms with Gasteiger partial charge in [0.2, 0.25) is 0 Å². The van der Waals surface area contributed by atoms with E-state index in [2.05, 4.69) is 53.7 Å². The van der Waals surface area contributed by atoms with E-state index in [1.165, 1.54) is 24.0 Å². The number of rotatable bonds is 9. The molecular formula is C21H29N3O. The Morgan fingerprint density at radius 1 is 1.16 bits per heavy atom. The van der Waals surface area contributed by atoms with Crippen molar-refractivity contribution < 1.29 is 4.74 Å². The van der Waals surface area contributed by atoms with Crippen LogP contribution in [0.1, 0.15) is 36.6 Å². The van der Waals surface area contributed by atoms with Crippen LogP contribution >= 0.6 is 0 Å². The highest BCUT2D eigenvalue weighted by Gasteiger charge is 2.21. The Hall–Kier alpha value is -2.07. The molecular weight excluding hydrogens is 310 g/mol. The first-order valence-corrected chi connectivity index (χ1v) is 9.23. The van der Waals surface area contributed by atoms with Gasteiger partial charge in [-0.2, -0.15) is 0 Å². The lowest BCUT2D eigenvalue weighted by Gasteiger charge is -2.15. The quantitative estimate of drug-likeness (QED) is 0.731. The van der Waals surface area contributed by atoms with Crippen molar-refractivity contribution in [3.05, 3.63) is 53.2 Å². The van der Waals surface area contributed by atoms with Crippen LogP contribution in [0.25, 0.3) is 0 Å². The number of benzene rings is 1. The Bertz CT molecular complexity index is 680. The summed E-state index contributed by atoms with van der Waals surface area (Å²) in [6, 6.07) is 13.7.